The smallest absolute Gasteiger partial charge is 0.267 e. The summed E-state index contributed by atoms with van der Waals surface area (Å²) in [5.74, 6) is -1.98. The van der Waals surface area contributed by atoms with E-state index in [1.165, 1.54) is 12.1 Å². The number of carbonyl (C=O) groups is 4. The molecule has 0 aromatic heterocycles. The van der Waals surface area contributed by atoms with Crippen molar-refractivity contribution in [1.29, 1.82) is 0 Å². The molecule has 0 unspecified atom stereocenters. The number of nitrogens with zero attached hydrogens (tertiary/aromatic N) is 1. The quantitative estimate of drug-likeness (QED) is 0.792. The summed E-state index contributed by atoms with van der Waals surface area (Å²) >= 11 is 0. The van der Waals surface area contributed by atoms with Gasteiger partial charge in [0.25, 0.3) is 5.91 Å². The van der Waals surface area contributed by atoms with Crippen LogP contribution in [0.5, 0.6) is 0 Å². The van der Waals surface area contributed by atoms with Gasteiger partial charge in [-0.15, -0.1) is 0 Å². The van der Waals surface area contributed by atoms with E-state index in [9.17, 15) is 19.2 Å². The van der Waals surface area contributed by atoms with Crippen molar-refractivity contribution in [2.24, 2.45) is 0 Å². The molecule has 21 heavy (non-hydrogen) atoms. The van der Waals surface area contributed by atoms with Crippen LogP contribution in [-0.4, -0.2) is 28.9 Å². The average molecular weight is 283 g/mol. The highest BCUT2D eigenvalue weighted by Crippen LogP contribution is 2.23. The van der Waals surface area contributed by atoms with E-state index in [1.807, 2.05) is 0 Å². The van der Waals surface area contributed by atoms with Crippen molar-refractivity contribution in [1.82, 2.24) is 4.90 Å². The molecule has 0 saturated carbocycles. The van der Waals surface area contributed by atoms with Gasteiger partial charge in [-0.05, 0) is 16.8 Å². The fourth-order valence-electron chi connectivity index (χ4n) is 2.24. The minimum atomic E-state index is -0.691. The third-order valence-electron chi connectivity index (χ3n) is 3.15. The molecule has 0 N–H and O–H groups in total. The van der Waals surface area contributed by atoms with Gasteiger partial charge in [0.05, 0.1) is 0 Å². The monoisotopic (exact) mass is 283 g/mol. The van der Waals surface area contributed by atoms with Crippen molar-refractivity contribution < 1.29 is 19.2 Å². The summed E-state index contributed by atoms with van der Waals surface area (Å²) in [4.78, 5) is 47.0. The van der Waals surface area contributed by atoms with Crippen LogP contribution in [0.25, 0.3) is 10.8 Å². The van der Waals surface area contributed by atoms with Gasteiger partial charge >= 0.3 is 0 Å². The normalized spacial score (nSPS) is 10.2. The molecule has 2 aromatic rings. The molecular formula is C16H13NO4. The van der Waals surface area contributed by atoms with Gasteiger partial charge in [0, 0.05) is 25.0 Å². The summed E-state index contributed by atoms with van der Waals surface area (Å²) in [6.45, 7) is 2.31. The fraction of sp³-hybridized carbons (Fsp3) is 0.125. The Hall–Kier alpha value is -2.82. The van der Waals surface area contributed by atoms with Gasteiger partial charge in [-0.1, -0.05) is 30.3 Å². The first-order chi connectivity index (χ1) is 9.97. The second kappa shape index (κ2) is 5.66. The van der Waals surface area contributed by atoms with Crippen LogP contribution in [0.1, 0.15) is 34.6 Å². The molecule has 0 fully saturated rings. The zero-order valence-corrected chi connectivity index (χ0v) is 11.6. The summed E-state index contributed by atoms with van der Waals surface area (Å²) in [6.07, 6.45) is 0.699. The Bertz CT molecular complexity index is 750. The maximum Gasteiger partial charge on any atom is 0.267 e. The maximum atomic E-state index is 12.4. The van der Waals surface area contributed by atoms with Gasteiger partial charge < -0.3 is 0 Å². The molecule has 0 bridgehead atoms. The summed E-state index contributed by atoms with van der Waals surface area (Å²) in [7, 11) is 0. The Morgan fingerprint density at radius 3 is 2.00 bits per heavy atom. The molecule has 5 nitrogen and oxygen atoms in total. The van der Waals surface area contributed by atoms with Gasteiger partial charge in [-0.3, -0.25) is 19.2 Å². The minimum Gasteiger partial charge on any atom is -0.298 e. The second-order valence-electron chi connectivity index (χ2n) is 4.54. The van der Waals surface area contributed by atoms with Crippen LogP contribution in [0.15, 0.2) is 36.4 Å². The van der Waals surface area contributed by atoms with Crippen molar-refractivity contribution in [2.45, 2.75) is 13.8 Å². The highest BCUT2D eigenvalue weighted by atomic mass is 16.2. The topological polar surface area (TPSA) is 71.5 Å². The molecular weight excluding hydrogens is 270 g/mol. The van der Waals surface area contributed by atoms with E-state index in [1.54, 1.807) is 24.3 Å². The largest absolute Gasteiger partial charge is 0.298 e. The van der Waals surface area contributed by atoms with E-state index in [2.05, 4.69) is 0 Å². The van der Waals surface area contributed by atoms with Crippen LogP contribution in [0.3, 0.4) is 0 Å². The lowest BCUT2D eigenvalue weighted by atomic mass is 9.99. The lowest BCUT2D eigenvalue weighted by Crippen LogP contribution is -2.39. The van der Waals surface area contributed by atoms with Gasteiger partial charge in [-0.25, -0.2) is 4.90 Å². The molecule has 0 aliphatic carbocycles. The first-order valence-corrected chi connectivity index (χ1v) is 6.30. The summed E-state index contributed by atoms with van der Waals surface area (Å²) in [5, 5.41) is 1.13. The fourth-order valence-corrected chi connectivity index (χ4v) is 2.24. The zero-order valence-electron chi connectivity index (χ0n) is 11.6. The molecule has 3 amide bonds. The van der Waals surface area contributed by atoms with Crippen LogP contribution in [-0.2, 0) is 9.59 Å². The first kappa shape index (κ1) is 14.6. The number of amides is 3. The predicted molar refractivity (Wildman–Crippen MR) is 76.9 cm³/mol. The van der Waals surface area contributed by atoms with Crippen molar-refractivity contribution >= 4 is 34.8 Å². The van der Waals surface area contributed by atoms with Crippen molar-refractivity contribution in [2.75, 3.05) is 0 Å². The van der Waals surface area contributed by atoms with E-state index in [0.29, 0.717) is 27.5 Å². The zero-order chi connectivity index (χ0) is 15.6. The average Bonchev–Trinajstić information content (AvgIpc) is 2.45. The number of hydrogen-bond acceptors (Lipinski definition) is 4. The van der Waals surface area contributed by atoms with Crippen LogP contribution < -0.4 is 0 Å². The number of imide groups is 3. The number of benzene rings is 2. The molecule has 0 heterocycles. The Morgan fingerprint density at radius 1 is 0.905 bits per heavy atom. The predicted octanol–water partition coefficient (Wildman–Crippen LogP) is 2.19. The van der Waals surface area contributed by atoms with Crippen molar-refractivity contribution in [3.63, 3.8) is 0 Å². The first-order valence-electron chi connectivity index (χ1n) is 6.30. The number of rotatable bonds is 2. The lowest BCUT2D eigenvalue weighted by Gasteiger charge is -2.16. The number of fused-ring (bicyclic) bond motifs is 1. The van der Waals surface area contributed by atoms with Gasteiger partial charge in [0.2, 0.25) is 11.8 Å². The van der Waals surface area contributed by atoms with E-state index in [4.69, 9.17) is 0 Å². The molecule has 0 aliphatic heterocycles. The second-order valence-corrected chi connectivity index (χ2v) is 4.54. The Labute approximate surface area is 121 Å². The lowest BCUT2D eigenvalue weighted by molar-refractivity contribution is -0.138. The summed E-state index contributed by atoms with van der Waals surface area (Å²) < 4.78 is 0. The highest BCUT2D eigenvalue weighted by Gasteiger charge is 2.25. The summed E-state index contributed by atoms with van der Waals surface area (Å²) in [6, 6.07) is 9.81. The molecule has 0 atom stereocenters. The standard InChI is InChI=1S/C16H13NO4/c1-10(19)17(11(2)20)16(21)15-8-7-12(9-18)13-5-3-4-6-14(13)15/h3-9H,1-2H3. The van der Waals surface area contributed by atoms with Crippen LogP contribution >= 0.6 is 0 Å². The van der Waals surface area contributed by atoms with Crippen LogP contribution in [0.2, 0.25) is 0 Å². The number of carbonyl (C=O) groups excluding carboxylic acids is 4. The minimum absolute atomic E-state index is 0.210. The molecule has 5 heteroatoms. The van der Waals surface area contributed by atoms with E-state index in [0.717, 1.165) is 13.8 Å². The molecule has 0 spiro atoms. The molecule has 2 aromatic carbocycles. The Balaban J connectivity index is 2.67. The van der Waals surface area contributed by atoms with Gasteiger partial charge in [0.1, 0.15) is 0 Å². The highest BCUT2D eigenvalue weighted by molar-refractivity contribution is 6.20. The maximum absolute atomic E-state index is 12.4. The van der Waals surface area contributed by atoms with Gasteiger partial charge in [-0.2, -0.15) is 0 Å². The molecule has 0 radical (unpaired) electrons. The van der Waals surface area contributed by atoms with E-state index >= 15 is 0 Å². The molecule has 0 aliphatic rings. The van der Waals surface area contributed by atoms with Gasteiger partial charge in [0.15, 0.2) is 6.29 Å². The van der Waals surface area contributed by atoms with E-state index < -0.39 is 17.7 Å². The molecule has 2 rings (SSSR count). The number of hydrogen-bond donors (Lipinski definition) is 0. The van der Waals surface area contributed by atoms with Crippen LogP contribution in [0.4, 0.5) is 0 Å². The molecule has 106 valence electrons. The van der Waals surface area contributed by atoms with Crippen molar-refractivity contribution in [3.8, 4) is 0 Å². The Kier molecular flexibility index (Phi) is 3.93. The van der Waals surface area contributed by atoms with Crippen LogP contribution in [0, 0.1) is 0 Å². The number of aldehydes is 1. The van der Waals surface area contributed by atoms with Crippen molar-refractivity contribution in [3.05, 3.63) is 47.5 Å². The third kappa shape index (κ3) is 2.58. The SMILES string of the molecule is CC(=O)N(C(C)=O)C(=O)c1ccc(C=O)c2ccccc12. The third-order valence-corrected chi connectivity index (χ3v) is 3.15. The molecule has 0 saturated heterocycles. The van der Waals surface area contributed by atoms with E-state index in [-0.39, 0.29) is 5.56 Å². The summed E-state index contributed by atoms with van der Waals surface area (Å²) in [5.41, 5.74) is 0.654. The Morgan fingerprint density at radius 2 is 1.48 bits per heavy atom.